The van der Waals surface area contributed by atoms with Crippen molar-refractivity contribution in [2.24, 2.45) is 0 Å². The van der Waals surface area contributed by atoms with Crippen LogP contribution in [-0.2, 0) is 73.0 Å². The van der Waals surface area contributed by atoms with E-state index in [2.05, 4.69) is 113 Å². The van der Waals surface area contributed by atoms with E-state index < -0.39 is 10.1 Å². The molecule has 243 valence electrons. The van der Waals surface area contributed by atoms with E-state index in [1.165, 1.54) is 17.8 Å². The average molecular weight is 1020 g/mol. The van der Waals surface area contributed by atoms with E-state index in [1.807, 2.05) is 40.7 Å². The van der Waals surface area contributed by atoms with Crippen molar-refractivity contribution in [2.45, 2.75) is 112 Å². The molecule has 4 rings (SSSR count). The minimum absolute atomic E-state index is 0. The Morgan fingerprint density at radius 3 is 1.55 bits per heavy atom. The molecule has 0 aromatic heterocycles. The van der Waals surface area contributed by atoms with Gasteiger partial charge in [-0.15, -0.1) is 0 Å². The van der Waals surface area contributed by atoms with E-state index in [0.717, 1.165) is 16.9 Å². The Morgan fingerprint density at radius 2 is 1.19 bits per heavy atom. The summed E-state index contributed by atoms with van der Waals surface area (Å²) < 4.78 is 42.8. The average Bonchev–Trinajstić information content (AvgIpc) is 2.94. The summed E-state index contributed by atoms with van der Waals surface area (Å²) in [6, 6.07) is 30.2. The van der Waals surface area contributed by atoms with Gasteiger partial charge in [0.1, 0.15) is 10.1 Å². The van der Waals surface area contributed by atoms with Gasteiger partial charge in [-0.1, -0.05) is 47.6 Å². The Hall–Kier alpha value is -1.35. The molecule has 0 amide bonds. The van der Waals surface area contributed by atoms with E-state index in [1.54, 1.807) is 0 Å². The Labute approximate surface area is 322 Å². The minimum atomic E-state index is -4.47. The molecule has 0 fully saturated rings. The maximum absolute atomic E-state index is 11.8. The van der Waals surface area contributed by atoms with Crippen molar-refractivity contribution in [3.8, 4) is 5.75 Å². The molecule has 0 spiro atoms. The van der Waals surface area contributed by atoms with Crippen LogP contribution in [0.5, 0.6) is 5.75 Å². The van der Waals surface area contributed by atoms with Crippen LogP contribution >= 0.6 is 0 Å². The first kappa shape index (κ1) is 43.7. The Balaban J connectivity index is 0.000000462. The van der Waals surface area contributed by atoms with Crippen LogP contribution in [0.1, 0.15) is 102 Å². The molecule has 4 aromatic rings. The van der Waals surface area contributed by atoms with E-state index >= 15 is 0 Å². The van der Waals surface area contributed by atoms with Crippen LogP contribution in [0.15, 0.2) is 105 Å². The van der Waals surface area contributed by atoms with Gasteiger partial charge < -0.3 is 4.55 Å². The summed E-state index contributed by atoms with van der Waals surface area (Å²) in [5.74, 6) is 1.35. The number of benzene rings is 4. The maximum atomic E-state index is 11.8. The second kappa shape index (κ2) is 18.6. The zero-order valence-electron chi connectivity index (χ0n) is 29.7. The van der Waals surface area contributed by atoms with Crippen LogP contribution in [0.3, 0.4) is 0 Å². The summed E-state index contributed by atoms with van der Waals surface area (Å²) in [5.41, 5.74) is 3.25. The molecule has 0 saturated heterocycles. The van der Waals surface area contributed by atoms with Gasteiger partial charge in [0.05, 0.1) is 4.90 Å². The predicted molar refractivity (Wildman–Crippen MR) is 183 cm³/mol. The topological polar surface area (TPSA) is 66.4 Å². The zero-order valence-corrected chi connectivity index (χ0v) is 40.4. The Morgan fingerprint density at radius 1 is 0.723 bits per heavy atom. The van der Waals surface area contributed by atoms with Crippen LogP contribution in [0.25, 0.3) is 0 Å². The maximum Gasteiger partial charge on any atom is 0.125 e. The summed E-state index contributed by atoms with van der Waals surface area (Å²) in [5, 5.41) is 0. The van der Waals surface area contributed by atoms with Crippen molar-refractivity contribution in [1.29, 1.82) is 0 Å². The first-order valence-electron chi connectivity index (χ1n) is 15.5. The summed E-state index contributed by atoms with van der Waals surface area (Å²) in [4.78, 5) is 4.07. The largest absolute Gasteiger partial charge is 0.744 e. The molecule has 0 unspecified atom stereocenters. The minimum Gasteiger partial charge on any atom is -0.744 e. The first-order valence-corrected chi connectivity index (χ1v) is 20.9. The summed E-state index contributed by atoms with van der Waals surface area (Å²) in [6.45, 7) is 20.1. The molecule has 0 aliphatic rings. The molecule has 0 N–H and O–H groups in total. The quantitative estimate of drug-likeness (QED) is 0.100. The van der Waals surface area contributed by atoms with Crippen molar-refractivity contribution in [3.05, 3.63) is 107 Å². The third kappa shape index (κ3) is 11.9. The molecular formula is C38H47HeHfHgO4S2. The SMILES string of the molecule is CC(C)(C)Oc1ccc([S+](c2ccccc2)c2ccccc2)c[c]1[Hg].Cc1c(C(C)C)cc(C(C)C)c(S(=O)(=O)[O-])c1C(C)C.[He].[Hf]. The number of hydrogen-bond donors (Lipinski definition) is 0. The van der Waals surface area contributed by atoms with Crippen molar-refractivity contribution in [3.63, 3.8) is 0 Å². The third-order valence-electron chi connectivity index (χ3n) is 7.37. The molecule has 0 heterocycles. The monoisotopic (exact) mass is 1020 g/mol. The molecule has 0 aliphatic heterocycles. The number of ether oxygens (including phenoxy) is 1. The van der Waals surface area contributed by atoms with E-state index in [4.69, 9.17) is 4.74 Å². The molecule has 4 aromatic carbocycles. The van der Waals surface area contributed by atoms with Crippen LogP contribution in [-0.4, -0.2) is 18.6 Å². The van der Waals surface area contributed by atoms with Gasteiger partial charge in [-0.25, -0.2) is 8.42 Å². The van der Waals surface area contributed by atoms with Crippen molar-refractivity contribution in [1.82, 2.24) is 0 Å². The molecule has 0 saturated carbocycles. The van der Waals surface area contributed by atoms with Crippen molar-refractivity contribution >= 4 is 24.1 Å². The second-order valence-corrected chi connectivity index (χ2v) is 19.6. The molecule has 0 radical (unpaired) electrons. The molecular weight excluding hydrogens is 968 g/mol. The molecule has 47 heavy (non-hydrogen) atoms. The molecule has 4 nitrogen and oxygen atoms in total. The summed E-state index contributed by atoms with van der Waals surface area (Å²) in [7, 11) is -4.55. The van der Waals surface area contributed by atoms with Gasteiger partial charge in [-0.3, -0.25) is 0 Å². The molecule has 9 heteroatoms. The summed E-state index contributed by atoms with van der Waals surface area (Å²) >= 11 is 0.504. The third-order valence-corrected chi connectivity index (χ3v) is 12.7. The number of rotatable bonds is 8. The predicted octanol–water partition coefficient (Wildman–Crippen LogP) is 9.40. The van der Waals surface area contributed by atoms with Crippen LogP contribution < -0.4 is 7.81 Å². The van der Waals surface area contributed by atoms with E-state index in [9.17, 15) is 13.0 Å². The smallest absolute Gasteiger partial charge is 0.125 e. The van der Waals surface area contributed by atoms with Crippen molar-refractivity contribution < 1.29 is 75.8 Å². The van der Waals surface area contributed by atoms with Crippen LogP contribution in [0.2, 0.25) is 0 Å². The fourth-order valence-electron chi connectivity index (χ4n) is 5.46. The van der Waals surface area contributed by atoms with Crippen LogP contribution in [0.4, 0.5) is 0 Å². The van der Waals surface area contributed by atoms with Gasteiger partial charge in [0, 0.05) is 32.0 Å². The van der Waals surface area contributed by atoms with E-state index in [-0.39, 0.29) is 65.2 Å². The van der Waals surface area contributed by atoms with Gasteiger partial charge in [0.15, 0.2) is 0 Å². The van der Waals surface area contributed by atoms with Gasteiger partial charge in [-0.05, 0) is 46.9 Å². The van der Waals surface area contributed by atoms with Crippen LogP contribution in [0, 0.1) is 13.1 Å². The van der Waals surface area contributed by atoms with Crippen molar-refractivity contribution in [2.75, 3.05) is 0 Å². The molecule has 0 aliphatic carbocycles. The van der Waals surface area contributed by atoms with Gasteiger partial charge in [-0.2, -0.15) is 0 Å². The Kier molecular flexibility index (Phi) is 17.3. The number of hydrogen-bond acceptors (Lipinski definition) is 4. The summed E-state index contributed by atoms with van der Waals surface area (Å²) in [6.07, 6.45) is 0. The van der Waals surface area contributed by atoms with Gasteiger partial charge in [0.2, 0.25) is 0 Å². The normalized spacial score (nSPS) is 11.6. The zero-order chi connectivity index (χ0) is 33.7. The Bertz CT molecular complexity index is 1650. The van der Waals surface area contributed by atoms with Gasteiger partial charge >= 0.3 is 170 Å². The van der Waals surface area contributed by atoms with E-state index in [0.29, 0.717) is 43.2 Å². The molecule has 0 bridgehead atoms. The van der Waals surface area contributed by atoms with Gasteiger partial charge in [0.25, 0.3) is 0 Å². The molecule has 0 atom stereocenters. The fraction of sp³-hybridized carbons (Fsp3) is 0.368. The fourth-order valence-corrected chi connectivity index (χ4v) is 11.0. The standard InChI is InChI=1S/C22H22OS.C16H26O3S.He.Hf.Hg/c1-22(2,3)23-18-14-16-21(17-15-18)24(19-10-6-4-7-11-19)20-12-8-5-9-13-20;1-9(2)13-8-14(10(3)4)16(20(17,18)19)15(11(5)6)12(13)7;;;/h4-14,16-17H,1-3H3;8-11H,1-7H3,(H,17,18,19);;;/q+1;;;;/p-1. The second-order valence-electron chi connectivity index (χ2n) is 13.3. The first-order chi connectivity index (χ1) is 20.9.